The molecule has 1 fully saturated rings. The number of amides is 1. The van der Waals surface area contributed by atoms with Gasteiger partial charge in [-0.1, -0.05) is 98.1 Å². The molecular weight excluding hydrogens is 394 g/mol. The first-order valence-electron chi connectivity index (χ1n) is 11.8. The zero-order valence-electron chi connectivity index (χ0n) is 18.6. The highest BCUT2D eigenvalue weighted by molar-refractivity contribution is 5.94. The predicted octanol–water partition coefficient (Wildman–Crippen LogP) is 5.89. The van der Waals surface area contributed by atoms with E-state index in [0.717, 1.165) is 24.0 Å². The molecule has 0 aromatic heterocycles. The average Bonchev–Trinajstić information content (AvgIpc) is 2.86. The van der Waals surface area contributed by atoms with E-state index in [1.165, 1.54) is 19.3 Å². The Morgan fingerprint density at radius 2 is 1.41 bits per heavy atom. The minimum Gasteiger partial charge on any atom is -0.385 e. The summed E-state index contributed by atoms with van der Waals surface area (Å²) in [6.45, 7) is 0. The monoisotopic (exact) mass is 427 g/mol. The van der Waals surface area contributed by atoms with Crippen LogP contribution in [0.15, 0.2) is 91.0 Å². The molecule has 4 rings (SSSR count). The van der Waals surface area contributed by atoms with Crippen molar-refractivity contribution in [3.8, 4) is 0 Å². The van der Waals surface area contributed by atoms with E-state index in [1.54, 1.807) is 0 Å². The lowest BCUT2D eigenvalue weighted by Crippen LogP contribution is -2.46. The Morgan fingerprint density at radius 1 is 0.844 bits per heavy atom. The zero-order chi connectivity index (χ0) is 22.2. The number of nitrogens with one attached hydrogen (secondary N) is 1. The van der Waals surface area contributed by atoms with Crippen molar-refractivity contribution in [1.82, 2.24) is 5.32 Å². The molecule has 0 radical (unpaired) electrons. The van der Waals surface area contributed by atoms with E-state index < -0.39 is 5.60 Å². The van der Waals surface area contributed by atoms with Crippen molar-refractivity contribution in [2.75, 3.05) is 0 Å². The lowest BCUT2D eigenvalue weighted by molar-refractivity contribution is 0.00785. The number of benzene rings is 3. The fourth-order valence-corrected chi connectivity index (χ4v) is 5.05. The maximum absolute atomic E-state index is 13.1. The van der Waals surface area contributed by atoms with Gasteiger partial charge in [-0.15, -0.1) is 0 Å². The normalized spacial score (nSPS) is 17.3. The van der Waals surface area contributed by atoms with Crippen molar-refractivity contribution in [3.63, 3.8) is 0 Å². The van der Waals surface area contributed by atoms with Crippen LogP contribution in [-0.2, 0) is 12.0 Å². The molecule has 0 aliphatic heterocycles. The van der Waals surface area contributed by atoms with E-state index in [0.29, 0.717) is 24.3 Å². The molecule has 2 N–H and O–H groups in total. The first-order chi connectivity index (χ1) is 15.6. The van der Waals surface area contributed by atoms with Gasteiger partial charge in [0.2, 0.25) is 0 Å². The summed E-state index contributed by atoms with van der Waals surface area (Å²) in [6, 6.07) is 29.4. The molecule has 0 heterocycles. The third-order valence-electron chi connectivity index (χ3n) is 6.78. The highest BCUT2D eigenvalue weighted by Gasteiger charge is 2.37. The van der Waals surface area contributed by atoms with Crippen molar-refractivity contribution in [2.24, 2.45) is 5.92 Å². The Kier molecular flexibility index (Phi) is 7.39. The summed E-state index contributed by atoms with van der Waals surface area (Å²) in [5, 5.41) is 15.4. The standard InChI is InChI=1S/C29H33NO2/c31-28(25-17-9-3-10-18-25)30-27(24-15-7-2-8-16-24)22-29(32,26-19-11-4-12-20-26)21-23-13-5-1-6-14-23/h1,3-6,9-14,17-20,24,27,32H,2,7-8,15-16,21-22H2,(H,30,31)/t27?,29-/m1/s1. The van der Waals surface area contributed by atoms with Gasteiger partial charge in [-0.2, -0.15) is 0 Å². The maximum Gasteiger partial charge on any atom is 0.251 e. The summed E-state index contributed by atoms with van der Waals surface area (Å²) in [5.41, 5.74) is 1.60. The van der Waals surface area contributed by atoms with Crippen molar-refractivity contribution in [2.45, 2.75) is 56.6 Å². The Hall–Kier alpha value is -2.91. The Labute approximate surface area is 191 Å². The highest BCUT2D eigenvalue weighted by Crippen LogP contribution is 2.36. The first kappa shape index (κ1) is 22.3. The van der Waals surface area contributed by atoms with Crippen LogP contribution in [0.3, 0.4) is 0 Å². The van der Waals surface area contributed by atoms with Crippen molar-refractivity contribution < 1.29 is 9.90 Å². The molecule has 0 saturated heterocycles. The molecular formula is C29H33NO2. The van der Waals surface area contributed by atoms with Gasteiger partial charge in [0.25, 0.3) is 5.91 Å². The average molecular weight is 428 g/mol. The number of hydrogen-bond acceptors (Lipinski definition) is 2. The second kappa shape index (κ2) is 10.6. The van der Waals surface area contributed by atoms with Gasteiger partial charge in [-0.3, -0.25) is 4.79 Å². The van der Waals surface area contributed by atoms with Gasteiger partial charge in [0.05, 0.1) is 5.60 Å². The summed E-state index contributed by atoms with van der Waals surface area (Å²) < 4.78 is 0. The van der Waals surface area contributed by atoms with Gasteiger partial charge in [0.15, 0.2) is 0 Å². The summed E-state index contributed by atoms with van der Waals surface area (Å²) in [5.74, 6) is 0.318. The minimum absolute atomic E-state index is 0.0590. The summed E-state index contributed by atoms with van der Waals surface area (Å²) in [4.78, 5) is 13.1. The summed E-state index contributed by atoms with van der Waals surface area (Å²) in [6.07, 6.45) is 6.82. The van der Waals surface area contributed by atoms with E-state index in [2.05, 4.69) is 17.4 Å². The molecule has 3 aromatic carbocycles. The molecule has 2 atom stereocenters. The van der Waals surface area contributed by atoms with Crippen LogP contribution in [0.25, 0.3) is 0 Å². The molecule has 0 spiro atoms. The van der Waals surface area contributed by atoms with Gasteiger partial charge in [-0.05, 0) is 42.0 Å². The Balaban J connectivity index is 1.63. The van der Waals surface area contributed by atoms with E-state index in [9.17, 15) is 9.90 Å². The third-order valence-corrected chi connectivity index (χ3v) is 6.78. The molecule has 1 amide bonds. The van der Waals surface area contributed by atoms with E-state index in [1.807, 2.05) is 78.9 Å². The molecule has 3 heteroatoms. The number of carbonyl (C=O) groups is 1. The molecule has 1 aliphatic rings. The molecule has 3 aromatic rings. The predicted molar refractivity (Wildman–Crippen MR) is 129 cm³/mol. The van der Waals surface area contributed by atoms with E-state index >= 15 is 0 Å². The molecule has 1 unspecified atom stereocenters. The van der Waals surface area contributed by atoms with Gasteiger partial charge >= 0.3 is 0 Å². The fourth-order valence-electron chi connectivity index (χ4n) is 5.05. The first-order valence-corrected chi connectivity index (χ1v) is 11.8. The van der Waals surface area contributed by atoms with Gasteiger partial charge in [0, 0.05) is 24.4 Å². The zero-order valence-corrected chi connectivity index (χ0v) is 18.6. The van der Waals surface area contributed by atoms with Gasteiger partial charge in [-0.25, -0.2) is 0 Å². The Morgan fingerprint density at radius 3 is 2.03 bits per heavy atom. The van der Waals surface area contributed by atoms with E-state index in [-0.39, 0.29) is 11.9 Å². The van der Waals surface area contributed by atoms with Crippen LogP contribution in [-0.4, -0.2) is 17.1 Å². The van der Waals surface area contributed by atoms with Crippen molar-refractivity contribution in [3.05, 3.63) is 108 Å². The largest absolute Gasteiger partial charge is 0.385 e. The summed E-state index contributed by atoms with van der Waals surface area (Å²) >= 11 is 0. The van der Waals surface area contributed by atoms with Crippen LogP contribution in [0.1, 0.15) is 60.0 Å². The third kappa shape index (κ3) is 5.66. The van der Waals surface area contributed by atoms with Crippen LogP contribution in [0.2, 0.25) is 0 Å². The molecule has 1 saturated carbocycles. The van der Waals surface area contributed by atoms with Gasteiger partial charge < -0.3 is 10.4 Å². The maximum atomic E-state index is 13.1. The van der Waals surface area contributed by atoms with Crippen LogP contribution in [0.4, 0.5) is 0 Å². The number of aliphatic hydroxyl groups is 1. The smallest absolute Gasteiger partial charge is 0.251 e. The second-order valence-corrected chi connectivity index (χ2v) is 9.11. The van der Waals surface area contributed by atoms with E-state index in [4.69, 9.17) is 0 Å². The van der Waals surface area contributed by atoms with Crippen LogP contribution in [0.5, 0.6) is 0 Å². The van der Waals surface area contributed by atoms with Crippen molar-refractivity contribution in [1.29, 1.82) is 0 Å². The molecule has 0 bridgehead atoms. The molecule has 166 valence electrons. The van der Waals surface area contributed by atoms with Crippen LogP contribution >= 0.6 is 0 Å². The molecule has 32 heavy (non-hydrogen) atoms. The van der Waals surface area contributed by atoms with Crippen molar-refractivity contribution >= 4 is 5.91 Å². The minimum atomic E-state index is -1.06. The number of carbonyl (C=O) groups excluding carboxylic acids is 1. The lowest BCUT2D eigenvalue weighted by atomic mass is 9.75. The fraction of sp³-hybridized carbons (Fsp3) is 0.345. The summed E-state index contributed by atoms with van der Waals surface area (Å²) in [7, 11) is 0. The highest BCUT2D eigenvalue weighted by atomic mass is 16.3. The van der Waals surface area contributed by atoms with Crippen LogP contribution in [0, 0.1) is 5.92 Å². The molecule has 3 nitrogen and oxygen atoms in total. The number of rotatable bonds is 8. The second-order valence-electron chi connectivity index (χ2n) is 9.11. The van der Waals surface area contributed by atoms with Crippen LogP contribution < -0.4 is 5.32 Å². The quantitative estimate of drug-likeness (QED) is 0.471. The Bertz CT molecular complexity index is 968. The number of hydrogen-bond donors (Lipinski definition) is 2. The molecule has 1 aliphatic carbocycles. The topological polar surface area (TPSA) is 49.3 Å². The van der Waals surface area contributed by atoms with Gasteiger partial charge in [0.1, 0.15) is 0 Å². The SMILES string of the molecule is O=C(NC(C[C@](O)(Cc1ccccc1)c1ccccc1)C1CCCCC1)c1ccccc1. The lowest BCUT2D eigenvalue weighted by Gasteiger charge is -2.38.